The van der Waals surface area contributed by atoms with Gasteiger partial charge in [-0.3, -0.25) is 0 Å². The van der Waals surface area contributed by atoms with Crippen LogP contribution in [0.1, 0.15) is 27.2 Å². The lowest BCUT2D eigenvalue weighted by molar-refractivity contribution is -0.146. The second-order valence-electron chi connectivity index (χ2n) is 3.94. The Balaban J connectivity index is 3.28. The largest absolute Gasteiger partial charge is 0.467 e. The molecule has 12 heavy (non-hydrogen) atoms. The van der Waals surface area contributed by atoms with Crippen LogP contribution in [0.4, 0.5) is 0 Å². The zero-order valence-corrected chi connectivity index (χ0v) is 8.35. The van der Waals surface area contributed by atoms with Crippen LogP contribution in [0.15, 0.2) is 0 Å². The van der Waals surface area contributed by atoms with Crippen molar-refractivity contribution in [2.75, 3.05) is 20.3 Å². The molecule has 3 heteroatoms. The fourth-order valence-corrected chi connectivity index (χ4v) is 0.593. The van der Waals surface area contributed by atoms with Crippen LogP contribution < -0.4 is 0 Å². The number of carbonyl (C=O) groups excluding carboxylic acids is 1. The molecular formula is C9H18O3. The normalized spacial score (nSPS) is 11.3. The Morgan fingerprint density at radius 1 is 1.33 bits per heavy atom. The number of rotatable bonds is 4. The van der Waals surface area contributed by atoms with E-state index in [1.165, 1.54) is 7.11 Å². The van der Waals surface area contributed by atoms with E-state index in [4.69, 9.17) is 4.74 Å². The molecule has 0 aliphatic carbocycles. The van der Waals surface area contributed by atoms with Gasteiger partial charge in [-0.2, -0.15) is 0 Å². The van der Waals surface area contributed by atoms with E-state index in [0.29, 0.717) is 6.61 Å². The van der Waals surface area contributed by atoms with E-state index in [9.17, 15) is 4.79 Å². The van der Waals surface area contributed by atoms with Crippen LogP contribution in [0, 0.1) is 5.41 Å². The molecule has 0 aliphatic heterocycles. The van der Waals surface area contributed by atoms with Gasteiger partial charge in [-0.15, -0.1) is 0 Å². The van der Waals surface area contributed by atoms with Crippen molar-refractivity contribution in [2.24, 2.45) is 5.41 Å². The molecule has 3 nitrogen and oxygen atoms in total. The standard InChI is InChI=1S/C9H18O3/c1-9(2,3)5-6-12-7-8(10)11-4/h5-7H2,1-4H3. The summed E-state index contributed by atoms with van der Waals surface area (Å²) in [5.74, 6) is -0.316. The van der Waals surface area contributed by atoms with Crippen LogP contribution in [-0.4, -0.2) is 26.3 Å². The van der Waals surface area contributed by atoms with Gasteiger partial charge in [0.2, 0.25) is 0 Å². The van der Waals surface area contributed by atoms with Gasteiger partial charge in [-0.1, -0.05) is 20.8 Å². The van der Waals surface area contributed by atoms with E-state index in [1.807, 2.05) is 0 Å². The molecule has 0 spiro atoms. The molecule has 72 valence electrons. The Kier molecular flexibility index (Phi) is 4.90. The minimum atomic E-state index is -0.316. The zero-order valence-electron chi connectivity index (χ0n) is 8.35. The number of carbonyl (C=O) groups is 1. The van der Waals surface area contributed by atoms with Gasteiger partial charge in [0.05, 0.1) is 7.11 Å². The van der Waals surface area contributed by atoms with Crippen molar-refractivity contribution in [3.8, 4) is 0 Å². The molecule has 0 aromatic carbocycles. The summed E-state index contributed by atoms with van der Waals surface area (Å²) in [7, 11) is 1.36. The Bertz CT molecular complexity index is 135. The van der Waals surface area contributed by atoms with Crippen molar-refractivity contribution in [1.29, 1.82) is 0 Å². The topological polar surface area (TPSA) is 35.5 Å². The SMILES string of the molecule is COC(=O)COCCC(C)(C)C. The second-order valence-corrected chi connectivity index (χ2v) is 3.94. The Labute approximate surface area is 74.0 Å². The Hall–Kier alpha value is -0.570. The molecule has 0 saturated carbocycles. The summed E-state index contributed by atoms with van der Waals surface area (Å²) in [5.41, 5.74) is 0.260. The number of hydrogen-bond donors (Lipinski definition) is 0. The van der Waals surface area contributed by atoms with E-state index in [2.05, 4.69) is 25.5 Å². The Morgan fingerprint density at radius 2 is 1.92 bits per heavy atom. The summed E-state index contributed by atoms with van der Waals surface area (Å²) in [6, 6.07) is 0. The Morgan fingerprint density at radius 3 is 2.33 bits per heavy atom. The third-order valence-corrected chi connectivity index (χ3v) is 1.44. The average molecular weight is 174 g/mol. The minimum absolute atomic E-state index is 0.0621. The molecule has 0 saturated heterocycles. The molecule has 0 aromatic rings. The molecule has 0 aliphatic rings. The highest BCUT2D eigenvalue weighted by molar-refractivity contribution is 5.70. The lowest BCUT2D eigenvalue weighted by Gasteiger charge is -2.17. The number of ether oxygens (including phenoxy) is 2. The molecule has 0 N–H and O–H groups in total. The maximum absolute atomic E-state index is 10.6. The third kappa shape index (κ3) is 7.54. The quantitative estimate of drug-likeness (QED) is 0.480. The summed E-state index contributed by atoms with van der Waals surface area (Å²) < 4.78 is 9.51. The first-order valence-corrected chi connectivity index (χ1v) is 4.10. The molecular weight excluding hydrogens is 156 g/mol. The van der Waals surface area contributed by atoms with Crippen LogP contribution in [0.25, 0.3) is 0 Å². The number of esters is 1. The van der Waals surface area contributed by atoms with Crippen LogP contribution in [0.3, 0.4) is 0 Å². The molecule has 0 amide bonds. The average Bonchev–Trinajstić information content (AvgIpc) is 1.96. The first-order chi connectivity index (χ1) is 5.45. The van der Waals surface area contributed by atoms with Crippen LogP contribution in [-0.2, 0) is 14.3 Å². The predicted molar refractivity (Wildman–Crippen MR) is 46.9 cm³/mol. The fourth-order valence-electron chi connectivity index (χ4n) is 0.593. The first-order valence-electron chi connectivity index (χ1n) is 4.10. The van der Waals surface area contributed by atoms with Gasteiger partial charge in [0.15, 0.2) is 0 Å². The van der Waals surface area contributed by atoms with Crippen molar-refractivity contribution in [3.05, 3.63) is 0 Å². The van der Waals surface area contributed by atoms with Gasteiger partial charge in [0.25, 0.3) is 0 Å². The van der Waals surface area contributed by atoms with Gasteiger partial charge in [0.1, 0.15) is 6.61 Å². The van der Waals surface area contributed by atoms with E-state index in [1.54, 1.807) is 0 Å². The molecule has 0 fully saturated rings. The van der Waals surface area contributed by atoms with Gasteiger partial charge in [-0.25, -0.2) is 4.79 Å². The lowest BCUT2D eigenvalue weighted by atomic mass is 9.93. The molecule has 0 heterocycles. The summed E-state index contributed by atoms with van der Waals surface area (Å²) in [5, 5.41) is 0. The second kappa shape index (κ2) is 5.14. The van der Waals surface area contributed by atoms with Crippen LogP contribution in [0.5, 0.6) is 0 Å². The fraction of sp³-hybridized carbons (Fsp3) is 0.889. The van der Waals surface area contributed by atoms with Crippen molar-refractivity contribution >= 4 is 5.97 Å². The smallest absolute Gasteiger partial charge is 0.331 e. The van der Waals surface area contributed by atoms with Gasteiger partial charge in [0, 0.05) is 6.61 Å². The lowest BCUT2D eigenvalue weighted by Crippen LogP contribution is -2.14. The number of methoxy groups -OCH3 is 1. The van der Waals surface area contributed by atoms with Gasteiger partial charge < -0.3 is 9.47 Å². The molecule has 0 rings (SSSR count). The molecule has 0 unspecified atom stereocenters. The maximum Gasteiger partial charge on any atom is 0.331 e. The van der Waals surface area contributed by atoms with E-state index in [0.717, 1.165) is 6.42 Å². The van der Waals surface area contributed by atoms with Crippen LogP contribution in [0.2, 0.25) is 0 Å². The molecule has 0 atom stereocenters. The highest BCUT2D eigenvalue weighted by Crippen LogP contribution is 2.17. The number of hydrogen-bond acceptors (Lipinski definition) is 3. The highest BCUT2D eigenvalue weighted by Gasteiger charge is 2.09. The first kappa shape index (κ1) is 11.4. The van der Waals surface area contributed by atoms with E-state index in [-0.39, 0.29) is 18.0 Å². The predicted octanol–water partition coefficient (Wildman–Crippen LogP) is 1.61. The molecule has 0 bridgehead atoms. The maximum atomic E-state index is 10.6. The summed E-state index contributed by atoms with van der Waals surface area (Å²) in [6.45, 7) is 7.07. The van der Waals surface area contributed by atoms with E-state index < -0.39 is 0 Å². The minimum Gasteiger partial charge on any atom is -0.467 e. The highest BCUT2D eigenvalue weighted by atomic mass is 16.6. The summed E-state index contributed by atoms with van der Waals surface area (Å²) >= 11 is 0. The van der Waals surface area contributed by atoms with Gasteiger partial charge >= 0.3 is 5.97 Å². The zero-order chi connectivity index (χ0) is 9.61. The third-order valence-electron chi connectivity index (χ3n) is 1.44. The molecule has 0 radical (unpaired) electrons. The van der Waals surface area contributed by atoms with Gasteiger partial charge in [-0.05, 0) is 11.8 Å². The van der Waals surface area contributed by atoms with Crippen molar-refractivity contribution in [3.63, 3.8) is 0 Å². The van der Waals surface area contributed by atoms with E-state index >= 15 is 0 Å². The monoisotopic (exact) mass is 174 g/mol. The van der Waals surface area contributed by atoms with Crippen molar-refractivity contribution < 1.29 is 14.3 Å². The van der Waals surface area contributed by atoms with Crippen LogP contribution >= 0.6 is 0 Å². The summed E-state index contributed by atoms with van der Waals surface area (Å²) in [6.07, 6.45) is 0.948. The summed E-state index contributed by atoms with van der Waals surface area (Å²) in [4.78, 5) is 10.6. The van der Waals surface area contributed by atoms with Crippen molar-refractivity contribution in [1.82, 2.24) is 0 Å². The molecule has 0 aromatic heterocycles. The van der Waals surface area contributed by atoms with Crippen molar-refractivity contribution in [2.45, 2.75) is 27.2 Å².